The van der Waals surface area contributed by atoms with E-state index in [1.807, 2.05) is 6.92 Å². The molecule has 1 aliphatic heterocycles. The summed E-state index contributed by atoms with van der Waals surface area (Å²) in [5.41, 5.74) is 3.90. The van der Waals surface area contributed by atoms with Crippen LogP contribution in [0, 0.1) is 33.5 Å². The first-order chi connectivity index (χ1) is 13.4. The van der Waals surface area contributed by atoms with Gasteiger partial charge in [0.25, 0.3) is 0 Å². The normalized spacial score (nSPS) is 40.8. The fourth-order valence-electron chi connectivity index (χ4n) is 6.39. The molecule has 4 aliphatic rings. The number of amides is 2. The number of thiocarbonyl (C=S) groups is 1. The maximum absolute atomic E-state index is 13.1. The first-order valence-corrected chi connectivity index (χ1v) is 12.1. The van der Waals surface area contributed by atoms with E-state index >= 15 is 0 Å². The summed E-state index contributed by atoms with van der Waals surface area (Å²) in [5.74, 6) is 0.785. The molecular weight excluding hydrogens is 402 g/mol. The Hall–Kier alpha value is -0.950. The molecule has 4 unspecified atom stereocenters. The fraction of sp³-hybridized carbons (Fsp3) is 0.818. The van der Waals surface area contributed by atoms with E-state index in [4.69, 9.17) is 12.2 Å². The van der Waals surface area contributed by atoms with E-state index in [0.717, 1.165) is 19.3 Å². The van der Waals surface area contributed by atoms with Gasteiger partial charge in [-0.3, -0.25) is 19.9 Å². The van der Waals surface area contributed by atoms with Crippen molar-refractivity contribution in [1.82, 2.24) is 10.3 Å². The smallest absolute Gasteiger partial charge is 0.236 e. The highest BCUT2D eigenvalue weighted by atomic mass is 32.2. The van der Waals surface area contributed by atoms with Crippen molar-refractivity contribution < 1.29 is 9.59 Å². The predicted molar refractivity (Wildman–Crippen MR) is 121 cm³/mol. The van der Waals surface area contributed by atoms with Gasteiger partial charge in [-0.25, -0.2) is 0 Å². The molecule has 2 amide bonds. The van der Waals surface area contributed by atoms with Crippen molar-refractivity contribution in [2.45, 2.75) is 73.6 Å². The van der Waals surface area contributed by atoms with Crippen LogP contribution in [0.1, 0.15) is 73.6 Å². The minimum Gasteiger partial charge on any atom is -0.274 e. The summed E-state index contributed by atoms with van der Waals surface area (Å²) in [5, 5.41) is 4.67. The lowest BCUT2D eigenvalue weighted by Crippen LogP contribution is -2.58. The molecule has 0 spiro atoms. The van der Waals surface area contributed by atoms with Crippen molar-refractivity contribution in [2.75, 3.05) is 5.88 Å². The van der Waals surface area contributed by atoms with Gasteiger partial charge >= 0.3 is 0 Å². The van der Waals surface area contributed by atoms with E-state index in [1.165, 1.54) is 35.2 Å². The van der Waals surface area contributed by atoms with E-state index in [0.29, 0.717) is 10.2 Å². The number of carbonyl (C=O) groups is 2. The number of likely N-dealkylation sites (tertiary alicyclic amines) is 1. The van der Waals surface area contributed by atoms with E-state index < -0.39 is 5.41 Å². The number of nitrogens with zero attached hydrogens (tertiary/aromatic N) is 2. The van der Waals surface area contributed by atoms with Gasteiger partial charge in [0.05, 0.1) is 11.3 Å². The Morgan fingerprint density at radius 2 is 1.76 bits per heavy atom. The van der Waals surface area contributed by atoms with Gasteiger partial charge in [0, 0.05) is 17.0 Å². The first kappa shape index (κ1) is 21.3. The second-order valence-electron chi connectivity index (χ2n) is 10.9. The number of rotatable bonds is 3. The third-order valence-corrected chi connectivity index (χ3v) is 10.8. The Bertz CT molecular complexity index is 821. The molecular formula is C22H33N3O2S2. The number of nitrogens with one attached hydrogen (secondary N) is 1. The topological polar surface area (TPSA) is 61.8 Å². The number of hydrazone groups is 1. The molecule has 4 bridgehead atoms. The zero-order chi connectivity index (χ0) is 21.4. The van der Waals surface area contributed by atoms with Crippen LogP contribution >= 0.6 is 24.0 Å². The van der Waals surface area contributed by atoms with Crippen molar-refractivity contribution in [2.24, 2.45) is 38.6 Å². The van der Waals surface area contributed by atoms with Crippen LogP contribution in [-0.4, -0.2) is 32.6 Å². The third kappa shape index (κ3) is 2.72. The molecule has 1 saturated heterocycles. The number of hydrogen-bond donors (Lipinski definition) is 1. The Morgan fingerprint density at radius 1 is 1.10 bits per heavy atom. The van der Waals surface area contributed by atoms with Gasteiger partial charge < -0.3 is 0 Å². The van der Waals surface area contributed by atoms with Crippen LogP contribution in [0.3, 0.4) is 0 Å². The standard InChI is InChI=1S/C22H33N3O2S2/c1-19(2)13-7-9-21(19,5)15(11-13)23-24-18(28)29-12-25-16(26)14-8-10-22(6,17(25)27)20(14,3)4/h13-14H,7-12H2,1-6H3,(H,24,28)/b23-15+. The number of hydrogen-bond acceptors (Lipinski definition) is 5. The summed E-state index contributed by atoms with van der Waals surface area (Å²) in [6, 6.07) is 0. The van der Waals surface area contributed by atoms with Crippen molar-refractivity contribution in [3.8, 4) is 0 Å². The van der Waals surface area contributed by atoms with Crippen LogP contribution in [0.2, 0.25) is 0 Å². The first-order valence-electron chi connectivity index (χ1n) is 10.7. The van der Waals surface area contributed by atoms with Crippen LogP contribution in [0.25, 0.3) is 0 Å². The maximum atomic E-state index is 13.1. The molecule has 0 aromatic rings. The highest BCUT2D eigenvalue weighted by molar-refractivity contribution is 8.22. The lowest BCUT2D eigenvalue weighted by Gasteiger charge is -2.47. The summed E-state index contributed by atoms with van der Waals surface area (Å²) >= 11 is 6.78. The number of carbonyl (C=O) groups excluding carboxylic acids is 2. The lowest BCUT2D eigenvalue weighted by atomic mass is 9.62. The highest BCUT2D eigenvalue weighted by Crippen LogP contribution is 2.64. The van der Waals surface area contributed by atoms with Crippen LogP contribution < -0.4 is 5.43 Å². The average Bonchev–Trinajstić information content (AvgIpc) is 3.06. The van der Waals surface area contributed by atoms with E-state index in [1.54, 1.807) is 0 Å². The van der Waals surface area contributed by atoms with Crippen LogP contribution in [0.5, 0.6) is 0 Å². The van der Waals surface area contributed by atoms with E-state index in [2.05, 4.69) is 45.1 Å². The molecule has 4 atom stereocenters. The lowest BCUT2D eigenvalue weighted by molar-refractivity contribution is -0.166. The number of thioether (sulfide) groups is 1. The van der Waals surface area contributed by atoms with Gasteiger partial charge in [0.1, 0.15) is 0 Å². The Morgan fingerprint density at radius 3 is 2.34 bits per heavy atom. The molecule has 1 heterocycles. The van der Waals surface area contributed by atoms with Crippen molar-refractivity contribution in [1.29, 1.82) is 0 Å². The molecule has 160 valence electrons. The molecule has 4 rings (SSSR count). The Kier molecular flexibility index (Phi) is 4.79. The quantitative estimate of drug-likeness (QED) is 0.400. The van der Waals surface area contributed by atoms with Gasteiger partial charge in [-0.2, -0.15) is 5.10 Å². The summed E-state index contributed by atoms with van der Waals surface area (Å²) in [4.78, 5) is 27.5. The van der Waals surface area contributed by atoms with Gasteiger partial charge in [0.15, 0.2) is 4.32 Å². The average molecular weight is 436 g/mol. The third-order valence-electron chi connectivity index (χ3n) is 9.63. The molecule has 0 aromatic heterocycles. The number of fused-ring (bicyclic) bond motifs is 4. The molecule has 3 aliphatic carbocycles. The van der Waals surface area contributed by atoms with E-state index in [-0.39, 0.29) is 39.9 Å². The molecule has 5 nitrogen and oxygen atoms in total. The Balaban J connectivity index is 1.39. The fourth-order valence-corrected chi connectivity index (χ4v) is 7.19. The summed E-state index contributed by atoms with van der Waals surface area (Å²) in [7, 11) is 0. The van der Waals surface area contributed by atoms with Crippen LogP contribution in [0.15, 0.2) is 5.10 Å². The molecule has 29 heavy (non-hydrogen) atoms. The zero-order valence-electron chi connectivity index (χ0n) is 18.4. The summed E-state index contributed by atoms with van der Waals surface area (Å²) in [6.07, 6.45) is 5.06. The largest absolute Gasteiger partial charge is 0.274 e. The van der Waals surface area contributed by atoms with Gasteiger partial charge in [0.2, 0.25) is 11.8 Å². The van der Waals surface area contributed by atoms with Crippen molar-refractivity contribution >= 4 is 45.8 Å². The zero-order valence-corrected chi connectivity index (χ0v) is 20.1. The van der Waals surface area contributed by atoms with Gasteiger partial charge in [-0.05, 0) is 48.9 Å². The van der Waals surface area contributed by atoms with Crippen LogP contribution in [-0.2, 0) is 9.59 Å². The van der Waals surface area contributed by atoms with Gasteiger partial charge in [-0.15, -0.1) is 0 Å². The van der Waals surface area contributed by atoms with E-state index in [9.17, 15) is 9.59 Å². The summed E-state index contributed by atoms with van der Waals surface area (Å²) < 4.78 is 0.518. The molecule has 4 fully saturated rings. The highest BCUT2D eigenvalue weighted by Gasteiger charge is 2.64. The predicted octanol–water partition coefficient (Wildman–Crippen LogP) is 4.57. The van der Waals surface area contributed by atoms with Crippen molar-refractivity contribution in [3.05, 3.63) is 0 Å². The van der Waals surface area contributed by atoms with Gasteiger partial charge in [-0.1, -0.05) is 65.5 Å². The SMILES string of the molecule is CC12CCC(C(=O)N(CSC(=S)N/N=C3\CC4CCC3(C)C4(C)C)C1=O)C2(C)C. The monoisotopic (exact) mass is 435 g/mol. The maximum Gasteiger partial charge on any atom is 0.236 e. The molecule has 7 heteroatoms. The molecule has 0 aromatic carbocycles. The minimum absolute atomic E-state index is 0.0426. The van der Waals surface area contributed by atoms with Crippen LogP contribution in [0.4, 0.5) is 0 Å². The van der Waals surface area contributed by atoms with Crippen molar-refractivity contribution in [3.63, 3.8) is 0 Å². The second-order valence-corrected chi connectivity index (χ2v) is 12.6. The minimum atomic E-state index is -0.468. The molecule has 3 saturated carbocycles. The second kappa shape index (κ2) is 6.52. The number of piperidine rings is 1. The Labute approximate surface area is 183 Å². The number of imide groups is 1. The summed E-state index contributed by atoms with van der Waals surface area (Å²) in [6.45, 7) is 13.2. The molecule has 1 N–H and O–H groups in total. The molecule has 0 radical (unpaired) electrons.